The zero-order valence-corrected chi connectivity index (χ0v) is 14.7. The van der Waals surface area contributed by atoms with Gasteiger partial charge in [0.15, 0.2) is 0 Å². The summed E-state index contributed by atoms with van der Waals surface area (Å²) in [7, 11) is 0. The van der Waals surface area contributed by atoms with Gasteiger partial charge in [-0.05, 0) is 42.1 Å². The summed E-state index contributed by atoms with van der Waals surface area (Å²) >= 11 is 0. The number of rotatable bonds is 6. The van der Waals surface area contributed by atoms with Crippen LogP contribution in [0.1, 0.15) is 12.0 Å². The first-order valence-corrected chi connectivity index (χ1v) is 8.78. The van der Waals surface area contributed by atoms with E-state index in [4.69, 9.17) is 5.11 Å². The third kappa shape index (κ3) is 5.10. The fourth-order valence-electron chi connectivity index (χ4n) is 3.25. The molecule has 0 unspecified atom stereocenters. The van der Waals surface area contributed by atoms with Crippen LogP contribution in [-0.4, -0.2) is 36.9 Å². The second-order valence-corrected chi connectivity index (χ2v) is 6.66. The van der Waals surface area contributed by atoms with Gasteiger partial charge in [0.1, 0.15) is 11.6 Å². The smallest absolute Gasteiger partial charge is 0.307 e. The minimum Gasteiger partial charge on any atom is -0.481 e. The fourth-order valence-corrected chi connectivity index (χ4v) is 3.25. The molecule has 3 N–H and O–H groups in total. The molecule has 0 bridgehead atoms. The number of carboxylic acids is 1. The van der Waals surface area contributed by atoms with Crippen LogP contribution in [0, 0.1) is 23.5 Å². The predicted octanol–water partition coefficient (Wildman–Crippen LogP) is 2.87. The molecule has 2 aromatic carbocycles. The van der Waals surface area contributed by atoms with E-state index in [2.05, 4.69) is 15.8 Å². The Balaban J connectivity index is 1.65. The molecule has 5 nitrogen and oxygen atoms in total. The number of hydrogen-bond donors (Lipinski definition) is 3. The molecule has 142 valence electrons. The Hall–Kier alpha value is -2.80. The number of aliphatic carboxylic acids is 1. The Morgan fingerprint density at radius 2 is 1.96 bits per heavy atom. The standard InChI is InChI=1S/C20H21F2N3O2/c21-17-6-15(7-18(22)8-17)19-4-2-1-3-14(19)12-25-24-10-13-5-16(20(26)27)11-23-9-13/h1-4,6-8,12-13,16,23-24H,5,9-11H2,(H,26,27)/b25-12+/t13-,16+/m0/s1. The maximum atomic E-state index is 13.5. The van der Waals surface area contributed by atoms with Gasteiger partial charge in [-0.1, -0.05) is 24.3 Å². The molecule has 27 heavy (non-hydrogen) atoms. The minimum absolute atomic E-state index is 0.171. The van der Waals surface area contributed by atoms with Crippen LogP contribution in [0.3, 0.4) is 0 Å². The molecule has 0 aromatic heterocycles. The quantitative estimate of drug-likeness (QED) is 0.538. The summed E-state index contributed by atoms with van der Waals surface area (Å²) < 4.78 is 27.0. The Labute approximate surface area is 156 Å². The minimum atomic E-state index is -0.785. The molecule has 2 atom stereocenters. The van der Waals surface area contributed by atoms with E-state index < -0.39 is 17.6 Å². The molecule has 0 spiro atoms. The third-order valence-electron chi connectivity index (χ3n) is 4.60. The van der Waals surface area contributed by atoms with Gasteiger partial charge in [0.25, 0.3) is 0 Å². The van der Waals surface area contributed by atoms with Crippen LogP contribution < -0.4 is 10.7 Å². The highest BCUT2D eigenvalue weighted by Crippen LogP contribution is 2.24. The van der Waals surface area contributed by atoms with E-state index in [1.165, 1.54) is 12.1 Å². The molecule has 3 rings (SSSR count). The van der Waals surface area contributed by atoms with Gasteiger partial charge in [0.05, 0.1) is 12.1 Å². The van der Waals surface area contributed by atoms with Crippen molar-refractivity contribution in [3.05, 3.63) is 59.7 Å². The monoisotopic (exact) mass is 373 g/mol. The Morgan fingerprint density at radius 3 is 2.70 bits per heavy atom. The van der Waals surface area contributed by atoms with E-state index in [0.29, 0.717) is 30.6 Å². The molecule has 0 amide bonds. The van der Waals surface area contributed by atoms with Crippen LogP contribution in [0.25, 0.3) is 11.1 Å². The molecule has 1 saturated heterocycles. The van der Waals surface area contributed by atoms with Crippen molar-refractivity contribution in [2.24, 2.45) is 16.9 Å². The first kappa shape index (κ1) is 19.0. The van der Waals surface area contributed by atoms with Crippen molar-refractivity contribution in [3.8, 4) is 11.1 Å². The van der Waals surface area contributed by atoms with Crippen molar-refractivity contribution in [3.63, 3.8) is 0 Å². The van der Waals surface area contributed by atoms with Gasteiger partial charge in [-0.2, -0.15) is 5.10 Å². The highest BCUT2D eigenvalue weighted by Gasteiger charge is 2.26. The molecular weight excluding hydrogens is 352 g/mol. The van der Waals surface area contributed by atoms with E-state index in [1.54, 1.807) is 18.3 Å². The largest absolute Gasteiger partial charge is 0.481 e. The molecule has 1 aliphatic heterocycles. The molecule has 0 aliphatic carbocycles. The van der Waals surface area contributed by atoms with Gasteiger partial charge in [-0.3, -0.25) is 4.79 Å². The summed E-state index contributed by atoms with van der Waals surface area (Å²) in [5.74, 6) is -2.25. The van der Waals surface area contributed by atoms with Crippen LogP contribution in [0.5, 0.6) is 0 Å². The van der Waals surface area contributed by atoms with Crippen molar-refractivity contribution in [2.75, 3.05) is 19.6 Å². The number of hydrogen-bond acceptors (Lipinski definition) is 4. The highest BCUT2D eigenvalue weighted by atomic mass is 19.1. The fraction of sp³-hybridized carbons (Fsp3) is 0.300. The van der Waals surface area contributed by atoms with Crippen LogP contribution in [0.15, 0.2) is 47.6 Å². The predicted molar refractivity (Wildman–Crippen MR) is 99.5 cm³/mol. The highest BCUT2D eigenvalue weighted by molar-refractivity contribution is 5.90. The summed E-state index contributed by atoms with van der Waals surface area (Å²) in [6.45, 7) is 1.78. The average Bonchev–Trinajstić information content (AvgIpc) is 2.65. The molecule has 1 heterocycles. The Kier molecular flexibility index (Phi) is 6.13. The van der Waals surface area contributed by atoms with Gasteiger partial charge < -0.3 is 15.8 Å². The van der Waals surface area contributed by atoms with E-state index in [9.17, 15) is 13.6 Å². The lowest BCUT2D eigenvalue weighted by Crippen LogP contribution is -2.42. The van der Waals surface area contributed by atoms with Gasteiger partial charge in [0, 0.05) is 24.7 Å². The zero-order chi connectivity index (χ0) is 19.2. The van der Waals surface area contributed by atoms with Gasteiger partial charge in [-0.15, -0.1) is 0 Å². The van der Waals surface area contributed by atoms with E-state index in [-0.39, 0.29) is 11.8 Å². The Morgan fingerprint density at radius 1 is 1.22 bits per heavy atom. The Bertz CT molecular complexity index is 821. The van der Waals surface area contributed by atoms with Crippen molar-refractivity contribution >= 4 is 12.2 Å². The topological polar surface area (TPSA) is 73.7 Å². The number of benzene rings is 2. The number of carboxylic acid groups (broad SMARTS) is 1. The SMILES string of the molecule is O=C(O)[C@H]1CNC[C@@H](CN/N=C/c2ccccc2-c2cc(F)cc(F)c2)C1. The molecular formula is C20H21F2N3O2. The second kappa shape index (κ2) is 8.73. The van der Waals surface area contributed by atoms with Crippen LogP contribution in [-0.2, 0) is 4.79 Å². The number of halogens is 2. The maximum Gasteiger partial charge on any atom is 0.307 e. The lowest BCUT2D eigenvalue weighted by Gasteiger charge is -2.27. The van der Waals surface area contributed by atoms with Crippen molar-refractivity contribution in [1.29, 1.82) is 0 Å². The third-order valence-corrected chi connectivity index (χ3v) is 4.60. The molecule has 1 fully saturated rings. The number of nitrogens with one attached hydrogen (secondary N) is 2. The van der Waals surface area contributed by atoms with Crippen LogP contribution in [0.2, 0.25) is 0 Å². The number of piperidine rings is 1. The summed E-state index contributed by atoms with van der Waals surface area (Å²) in [6.07, 6.45) is 2.20. The summed E-state index contributed by atoms with van der Waals surface area (Å²) in [5, 5.41) is 16.4. The molecule has 7 heteroatoms. The van der Waals surface area contributed by atoms with E-state index in [1.807, 2.05) is 12.1 Å². The van der Waals surface area contributed by atoms with Gasteiger partial charge in [-0.25, -0.2) is 8.78 Å². The van der Waals surface area contributed by atoms with Crippen molar-refractivity contribution in [2.45, 2.75) is 6.42 Å². The molecule has 0 saturated carbocycles. The number of nitrogens with zero attached hydrogens (tertiary/aromatic N) is 1. The molecule has 0 radical (unpaired) electrons. The first-order valence-electron chi connectivity index (χ1n) is 8.78. The van der Waals surface area contributed by atoms with Crippen LogP contribution in [0.4, 0.5) is 8.78 Å². The number of hydrazone groups is 1. The summed E-state index contributed by atoms with van der Waals surface area (Å²) in [4.78, 5) is 11.1. The summed E-state index contributed by atoms with van der Waals surface area (Å²) in [6, 6.07) is 10.6. The van der Waals surface area contributed by atoms with Crippen molar-refractivity contribution in [1.82, 2.24) is 10.7 Å². The lowest BCUT2D eigenvalue weighted by molar-refractivity contribution is -0.142. The number of carbonyl (C=O) groups is 1. The lowest BCUT2D eigenvalue weighted by atomic mass is 9.91. The second-order valence-electron chi connectivity index (χ2n) is 6.66. The zero-order valence-electron chi connectivity index (χ0n) is 14.7. The van der Waals surface area contributed by atoms with Gasteiger partial charge >= 0.3 is 5.97 Å². The summed E-state index contributed by atoms with van der Waals surface area (Å²) in [5.41, 5.74) is 4.79. The first-order chi connectivity index (χ1) is 13.0. The van der Waals surface area contributed by atoms with E-state index in [0.717, 1.165) is 18.2 Å². The normalized spacial score (nSPS) is 19.9. The average molecular weight is 373 g/mol. The molecule has 2 aromatic rings. The van der Waals surface area contributed by atoms with Gasteiger partial charge in [0.2, 0.25) is 0 Å². The molecule has 1 aliphatic rings. The maximum absolute atomic E-state index is 13.5. The van der Waals surface area contributed by atoms with E-state index >= 15 is 0 Å². The van der Waals surface area contributed by atoms with Crippen LogP contribution >= 0.6 is 0 Å². The van der Waals surface area contributed by atoms with Crippen molar-refractivity contribution < 1.29 is 18.7 Å².